The van der Waals surface area contributed by atoms with Crippen molar-refractivity contribution in [3.05, 3.63) is 41.5 Å². The Kier molecular flexibility index (Phi) is 4.17. The molecule has 4 nitrogen and oxygen atoms in total. The van der Waals surface area contributed by atoms with Crippen LogP contribution in [0.15, 0.2) is 24.3 Å². The zero-order valence-corrected chi connectivity index (χ0v) is 12.0. The molecule has 0 unspecified atom stereocenters. The minimum atomic E-state index is -0.257. The lowest BCUT2D eigenvalue weighted by atomic mass is 10.2. The Morgan fingerprint density at radius 1 is 1.20 bits per heavy atom. The molecule has 0 atom stereocenters. The van der Waals surface area contributed by atoms with Crippen LogP contribution in [-0.4, -0.2) is 17.0 Å². The van der Waals surface area contributed by atoms with Gasteiger partial charge in [0.05, 0.1) is 0 Å². The molecule has 106 valence electrons. The van der Waals surface area contributed by atoms with Crippen molar-refractivity contribution in [2.75, 3.05) is 17.7 Å². The first-order valence-electron chi connectivity index (χ1n) is 6.65. The highest BCUT2D eigenvalue weighted by molar-refractivity contribution is 5.65. The van der Waals surface area contributed by atoms with Crippen molar-refractivity contribution in [2.45, 2.75) is 26.7 Å². The van der Waals surface area contributed by atoms with Crippen LogP contribution in [-0.2, 0) is 6.42 Å². The van der Waals surface area contributed by atoms with Gasteiger partial charge in [-0.3, -0.25) is 0 Å². The first kappa shape index (κ1) is 14.2. The van der Waals surface area contributed by atoms with Crippen molar-refractivity contribution in [2.24, 2.45) is 0 Å². The Balaban J connectivity index is 2.42. The van der Waals surface area contributed by atoms with Crippen molar-refractivity contribution < 1.29 is 4.39 Å². The summed E-state index contributed by atoms with van der Waals surface area (Å²) in [7, 11) is 1.89. The van der Waals surface area contributed by atoms with E-state index >= 15 is 0 Å². The van der Waals surface area contributed by atoms with Crippen molar-refractivity contribution in [1.29, 1.82) is 0 Å². The number of aryl methyl sites for hydroxylation is 1. The molecule has 0 saturated carbocycles. The number of hydrogen-bond donors (Lipinski definition) is 1. The van der Waals surface area contributed by atoms with E-state index in [1.54, 1.807) is 12.1 Å². The van der Waals surface area contributed by atoms with E-state index in [1.165, 1.54) is 12.1 Å². The Hall–Kier alpha value is -2.17. The second-order valence-electron chi connectivity index (χ2n) is 4.76. The van der Waals surface area contributed by atoms with Gasteiger partial charge in [-0.05, 0) is 37.6 Å². The van der Waals surface area contributed by atoms with E-state index < -0.39 is 0 Å². The zero-order valence-electron chi connectivity index (χ0n) is 12.0. The highest BCUT2D eigenvalue weighted by atomic mass is 19.1. The maximum Gasteiger partial charge on any atom is 0.141 e. The normalized spacial score (nSPS) is 10.6. The number of rotatable bonds is 4. The zero-order chi connectivity index (χ0) is 14.7. The van der Waals surface area contributed by atoms with Crippen LogP contribution in [0.1, 0.15) is 24.7 Å². The molecule has 0 fully saturated rings. The van der Waals surface area contributed by atoms with Gasteiger partial charge >= 0.3 is 0 Å². The van der Waals surface area contributed by atoms with Gasteiger partial charge in [-0.1, -0.05) is 6.92 Å². The van der Waals surface area contributed by atoms with Crippen LogP contribution >= 0.6 is 0 Å². The Morgan fingerprint density at radius 2 is 1.85 bits per heavy atom. The van der Waals surface area contributed by atoms with Crippen LogP contribution in [0.25, 0.3) is 0 Å². The number of aromatic nitrogens is 2. The van der Waals surface area contributed by atoms with Crippen molar-refractivity contribution >= 4 is 17.3 Å². The molecule has 0 spiro atoms. The molecule has 1 heterocycles. The van der Waals surface area contributed by atoms with E-state index in [-0.39, 0.29) is 5.82 Å². The molecule has 5 heteroatoms. The molecular weight excluding hydrogens is 255 g/mol. The summed E-state index contributed by atoms with van der Waals surface area (Å²) in [5.41, 5.74) is 7.64. The van der Waals surface area contributed by atoms with Crippen LogP contribution in [0, 0.1) is 12.7 Å². The smallest absolute Gasteiger partial charge is 0.141 e. The van der Waals surface area contributed by atoms with Crippen LogP contribution in [0.5, 0.6) is 0 Å². The van der Waals surface area contributed by atoms with Gasteiger partial charge in [-0.25, -0.2) is 14.4 Å². The summed E-state index contributed by atoms with van der Waals surface area (Å²) < 4.78 is 13.0. The number of nitrogen functional groups attached to an aromatic ring is 1. The molecule has 1 aromatic heterocycles. The van der Waals surface area contributed by atoms with E-state index in [4.69, 9.17) is 5.73 Å². The standard InChI is InChI=1S/C15H19FN4/c1-4-5-13-18-14(17)10(2)15(19-13)20(3)12-8-6-11(16)7-9-12/h6-9H,4-5H2,1-3H3,(H2,17,18,19). The molecule has 0 bridgehead atoms. The maximum atomic E-state index is 13.0. The highest BCUT2D eigenvalue weighted by Crippen LogP contribution is 2.27. The fourth-order valence-corrected chi connectivity index (χ4v) is 2.02. The highest BCUT2D eigenvalue weighted by Gasteiger charge is 2.13. The van der Waals surface area contributed by atoms with Crippen LogP contribution < -0.4 is 10.6 Å². The number of nitrogens with two attached hydrogens (primary N) is 1. The monoisotopic (exact) mass is 274 g/mol. The number of halogens is 1. The van der Waals surface area contributed by atoms with Crippen molar-refractivity contribution in [3.63, 3.8) is 0 Å². The summed E-state index contributed by atoms with van der Waals surface area (Å²) in [5.74, 6) is 1.73. The molecule has 20 heavy (non-hydrogen) atoms. The second kappa shape index (κ2) is 5.86. The number of benzene rings is 1. The Labute approximate surface area is 118 Å². The van der Waals surface area contributed by atoms with Gasteiger partial charge < -0.3 is 10.6 Å². The molecule has 1 aromatic carbocycles. The molecule has 0 aliphatic rings. The molecule has 2 aromatic rings. The van der Waals surface area contributed by atoms with Gasteiger partial charge in [0, 0.05) is 24.7 Å². The second-order valence-corrected chi connectivity index (χ2v) is 4.76. The fourth-order valence-electron chi connectivity index (χ4n) is 2.02. The van der Waals surface area contributed by atoms with Gasteiger partial charge in [0.25, 0.3) is 0 Å². The van der Waals surface area contributed by atoms with Crippen LogP contribution in [0.2, 0.25) is 0 Å². The lowest BCUT2D eigenvalue weighted by molar-refractivity contribution is 0.628. The predicted molar refractivity (Wildman–Crippen MR) is 79.6 cm³/mol. The first-order chi connectivity index (χ1) is 9.52. The molecule has 0 amide bonds. The van der Waals surface area contributed by atoms with E-state index in [9.17, 15) is 4.39 Å². The number of hydrogen-bond acceptors (Lipinski definition) is 4. The predicted octanol–water partition coefficient (Wildman–Crippen LogP) is 3.23. The van der Waals surface area contributed by atoms with Crippen molar-refractivity contribution in [1.82, 2.24) is 9.97 Å². The third-order valence-electron chi connectivity index (χ3n) is 3.21. The summed E-state index contributed by atoms with van der Waals surface area (Å²) in [6.45, 7) is 3.96. The average molecular weight is 274 g/mol. The topological polar surface area (TPSA) is 55.0 Å². The Morgan fingerprint density at radius 3 is 2.45 bits per heavy atom. The molecule has 2 rings (SSSR count). The summed E-state index contributed by atoms with van der Waals surface area (Å²) in [5, 5.41) is 0. The SMILES string of the molecule is CCCc1nc(N)c(C)c(N(C)c2ccc(F)cc2)n1. The van der Waals surface area contributed by atoms with Crippen molar-refractivity contribution in [3.8, 4) is 0 Å². The largest absolute Gasteiger partial charge is 0.383 e. The van der Waals surface area contributed by atoms with Gasteiger partial charge in [0.1, 0.15) is 23.3 Å². The average Bonchev–Trinajstić information content (AvgIpc) is 2.43. The van der Waals surface area contributed by atoms with Gasteiger partial charge in [-0.2, -0.15) is 0 Å². The van der Waals surface area contributed by atoms with Crippen LogP contribution in [0.3, 0.4) is 0 Å². The minimum absolute atomic E-state index is 0.257. The number of nitrogens with zero attached hydrogens (tertiary/aromatic N) is 3. The number of anilines is 3. The fraction of sp³-hybridized carbons (Fsp3) is 0.333. The summed E-state index contributed by atoms with van der Waals surface area (Å²) in [6, 6.07) is 6.29. The molecule has 0 aliphatic heterocycles. The summed E-state index contributed by atoms with van der Waals surface area (Å²) in [4.78, 5) is 10.8. The van der Waals surface area contributed by atoms with Gasteiger partial charge in [0.15, 0.2) is 0 Å². The van der Waals surface area contributed by atoms with Gasteiger partial charge in [-0.15, -0.1) is 0 Å². The van der Waals surface area contributed by atoms with Crippen LogP contribution in [0.4, 0.5) is 21.7 Å². The maximum absolute atomic E-state index is 13.0. The van der Waals surface area contributed by atoms with E-state index in [2.05, 4.69) is 16.9 Å². The molecule has 0 radical (unpaired) electrons. The third kappa shape index (κ3) is 2.87. The van der Waals surface area contributed by atoms with E-state index in [0.717, 1.165) is 35.7 Å². The van der Waals surface area contributed by atoms with Gasteiger partial charge in [0.2, 0.25) is 0 Å². The van der Waals surface area contributed by atoms with E-state index in [0.29, 0.717) is 5.82 Å². The molecule has 2 N–H and O–H groups in total. The van der Waals surface area contributed by atoms with E-state index in [1.807, 2.05) is 18.9 Å². The molecule has 0 aliphatic carbocycles. The molecule has 0 saturated heterocycles. The summed E-state index contributed by atoms with van der Waals surface area (Å²) >= 11 is 0. The molecular formula is C15H19FN4. The first-order valence-corrected chi connectivity index (χ1v) is 6.65. The quantitative estimate of drug-likeness (QED) is 0.930. The Bertz CT molecular complexity index is 596. The minimum Gasteiger partial charge on any atom is -0.383 e. The lowest BCUT2D eigenvalue weighted by Crippen LogP contribution is -2.16. The lowest BCUT2D eigenvalue weighted by Gasteiger charge is -2.21. The third-order valence-corrected chi connectivity index (χ3v) is 3.21. The summed E-state index contributed by atoms with van der Waals surface area (Å²) in [6.07, 6.45) is 1.75.